The van der Waals surface area contributed by atoms with Crippen LogP contribution in [0.3, 0.4) is 0 Å². The molecule has 17 heavy (non-hydrogen) atoms. The molecular weight excluding hydrogens is 250 g/mol. The van der Waals surface area contributed by atoms with Crippen molar-refractivity contribution in [2.45, 2.75) is 39.3 Å². The highest BCUT2D eigenvalue weighted by Gasteiger charge is 2.11. The van der Waals surface area contributed by atoms with Gasteiger partial charge >= 0.3 is 0 Å². The van der Waals surface area contributed by atoms with E-state index in [1.54, 1.807) is 22.7 Å². The second-order valence-corrected chi connectivity index (χ2v) is 5.91. The van der Waals surface area contributed by atoms with Crippen molar-refractivity contribution in [1.29, 1.82) is 0 Å². The van der Waals surface area contributed by atoms with Crippen LogP contribution in [0.1, 0.15) is 41.2 Å². The number of aromatic nitrogens is 2. The molecule has 0 aliphatic rings. The Morgan fingerprint density at radius 1 is 1.35 bits per heavy atom. The number of hydrogen-bond acceptors (Lipinski definition) is 5. The SMILES string of the molecule is CCc1ncc(CNC(CC)c2nccs2)s1. The van der Waals surface area contributed by atoms with Gasteiger partial charge in [0, 0.05) is 29.2 Å². The molecular formula is C12H17N3S2. The van der Waals surface area contributed by atoms with Gasteiger partial charge in [0.2, 0.25) is 0 Å². The first-order chi connectivity index (χ1) is 8.33. The summed E-state index contributed by atoms with van der Waals surface area (Å²) in [5, 5.41) is 7.96. The summed E-state index contributed by atoms with van der Waals surface area (Å²) in [7, 11) is 0. The summed E-state index contributed by atoms with van der Waals surface area (Å²) in [5.74, 6) is 0. The van der Waals surface area contributed by atoms with Gasteiger partial charge < -0.3 is 5.32 Å². The molecule has 2 aromatic heterocycles. The molecule has 1 atom stereocenters. The Morgan fingerprint density at radius 3 is 2.82 bits per heavy atom. The van der Waals surface area contributed by atoms with Crippen molar-refractivity contribution < 1.29 is 0 Å². The van der Waals surface area contributed by atoms with Gasteiger partial charge in [-0.05, 0) is 12.8 Å². The molecule has 3 nitrogen and oxygen atoms in total. The minimum atomic E-state index is 0.363. The van der Waals surface area contributed by atoms with Crippen molar-refractivity contribution in [3.8, 4) is 0 Å². The summed E-state index contributed by atoms with van der Waals surface area (Å²) >= 11 is 3.51. The predicted molar refractivity (Wildman–Crippen MR) is 73.5 cm³/mol. The Morgan fingerprint density at radius 2 is 2.24 bits per heavy atom. The molecule has 0 saturated carbocycles. The molecule has 0 saturated heterocycles. The largest absolute Gasteiger partial charge is 0.303 e. The molecule has 2 rings (SSSR count). The zero-order valence-corrected chi connectivity index (χ0v) is 11.8. The van der Waals surface area contributed by atoms with Gasteiger partial charge in [-0.3, -0.25) is 0 Å². The topological polar surface area (TPSA) is 37.8 Å². The molecule has 2 aromatic rings. The second kappa shape index (κ2) is 6.23. The summed E-state index contributed by atoms with van der Waals surface area (Å²) in [6, 6.07) is 0.363. The lowest BCUT2D eigenvalue weighted by molar-refractivity contribution is 0.519. The molecule has 0 aliphatic heterocycles. The van der Waals surface area contributed by atoms with Crippen molar-refractivity contribution in [3.63, 3.8) is 0 Å². The quantitative estimate of drug-likeness (QED) is 0.871. The number of thiazole rings is 2. The maximum Gasteiger partial charge on any atom is 0.109 e. The fraction of sp³-hybridized carbons (Fsp3) is 0.500. The number of nitrogens with one attached hydrogen (secondary N) is 1. The van der Waals surface area contributed by atoms with Crippen molar-refractivity contribution in [3.05, 3.63) is 32.7 Å². The summed E-state index contributed by atoms with van der Waals surface area (Å²) in [6.07, 6.45) is 5.93. The highest BCUT2D eigenvalue weighted by atomic mass is 32.1. The van der Waals surface area contributed by atoms with Gasteiger partial charge in [0.25, 0.3) is 0 Å². The second-order valence-electron chi connectivity index (χ2n) is 3.79. The Labute approximate surface area is 110 Å². The van der Waals surface area contributed by atoms with Crippen LogP contribution in [0.4, 0.5) is 0 Å². The standard InChI is InChI=1S/C12H17N3S2/c1-3-10(12-13-5-6-16-12)14-7-9-8-15-11(4-2)17-9/h5-6,8,10,14H,3-4,7H2,1-2H3. The molecule has 0 aromatic carbocycles. The lowest BCUT2D eigenvalue weighted by Gasteiger charge is -2.13. The van der Waals surface area contributed by atoms with Crippen molar-refractivity contribution in [2.24, 2.45) is 0 Å². The molecule has 0 bridgehead atoms. The van der Waals surface area contributed by atoms with Gasteiger partial charge in [0.05, 0.1) is 11.0 Å². The zero-order valence-electron chi connectivity index (χ0n) is 10.1. The van der Waals surface area contributed by atoms with E-state index >= 15 is 0 Å². The smallest absolute Gasteiger partial charge is 0.109 e. The van der Waals surface area contributed by atoms with Crippen LogP contribution in [-0.4, -0.2) is 9.97 Å². The molecule has 0 radical (unpaired) electrons. The van der Waals surface area contributed by atoms with Gasteiger partial charge in [-0.2, -0.15) is 0 Å². The van der Waals surface area contributed by atoms with Crippen LogP contribution in [-0.2, 0) is 13.0 Å². The predicted octanol–water partition coefficient (Wildman–Crippen LogP) is 3.40. The average molecular weight is 267 g/mol. The molecule has 2 heterocycles. The maximum absolute atomic E-state index is 4.37. The fourth-order valence-corrected chi connectivity index (χ4v) is 3.24. The lowest BCUT2D eigenvalue weighted by atomic mass is 10.2. The monoisotopic (exact) mass is 267 g/mol. The van der Waals surface area contributed by atoms with Crippen LogP contribution < -0.4 is 5.32 Å². The summed E-state index contributed by atoms with van der Waals surface area (Å²) in [5.41, 5.74) is 0. The molecule has 0 aliphatic carbocycles. The highest BCUT2D eigenvalue weighted by molar-refractivity contribution is 7.11. The third kappa shape index (κ3) is 3.34. The number of hydrogen-bond donors (Lipinski definition) is 1. The van der Waals surface area contributed by atoms with E-state index in [-0.39, 0.29) is 0 Å². The van der Waals surface area contributed by atoms with Crippen molar-refractivity contribution in [2.75, 3.05) is 0 Å². The third-order valence-corrected chi connectivity index (χ3v) is 4.62. The van der Waals surface area contributed by atoms with E-state index in [0.717, 1.165) is 19.4 Å². The van der Waals surface area contributed by atoms with E-state index < -0.39 is 0 Å². The summed E-state index contributed by atoms with van der Waals surface area (Å²) in [4.78, 5) is 10.0. The van der Waals surface area contributed by atoms with Crippen LogP contribution in [0.2, 0.25) is 0 Å². The average Bonchev–Trinajstić information content (AvgIpc) is 3.00. The van der Waals surface area contributed by atoms with Gasteiger partial charge in [0.1, 0.15) is 5.01 Å². The van der Waals surface area contributed by atoms with Crippen LogP contribution in [0.5, 0.6) is 0 Å². The molecule has 1 N–H and O–H groups in total. The Kier molecular flexibility index (Phi) is 4.65. The number of rotatable bonds is 6. The first-order valence-electron chi connectivity index (χ1n) is 5.89. The van der Waals surface area contributed by atoms with Crippen LogP contribution in [0, 0.1) is 0 Å². The van der Waals surface area contributed by atoms with Crippen molar-refractivity contribution >= 4 is 22.7 Å². The van der Waals surface area contributed by atoms with Gasteiger partial charge in [-0.1, -0.05) is 13.8 Å². The molecule has 0 amide bonds. The molecule has 1 unspecified atom stereocenters. The van der Waals surface area contributed by atoms with Crippen LogP contribution in [0.15, 0.2) is 17.8 Å². The van der Waals surface area contributed by atoms with E-state index in [1.807, 2.05) is 17.8 Å². The van der Waals surface area contributed by atoms with Gasteiger partial charge in [0.15, 0.2) is 0 Å². The maximum atomic E-state index is 4.37. The molecule has 5 heteroatoms. The van der Waals surface area contributed by atoms with Crippen LogP contribution in [0.25, 0.3) is 0 Å². The molecule has 92 valence electrons. The summed E-state index contributed by atoms with van der Waals surface area (Å²) in [6.45, 7) is 5.21. The van der Waals surface area contributed by atoms with Crippen LogP contribution >= 0.6 is 22.7 Å². The number of nitrogens with zero attached hydrogens (tertiary/aromatic N) is 2. The van der Waals surface area contributed by atoms with Gasteiger partial charge in [-0.15, -0.1) is 22.7 Å². The molecule has 0 fully saturated rings. The number of aryl methyl sites for hydroxylation is 1. The first kappa shape index (κ1) is 12.7. The van der Waals surface area contributed by atoms with E-state index in [9.17, 15) is 0 Å². The first-order valence-corrected chi connectivity index (χ1v) is 7.59. The minimum Gasteiger partial charge on any atom is -0.303 e. The van der Waals surface area contributed by atoms with E-state index in [0.29, 0.717) is 6.04 Å². The highest BCUT2D eigenvalue weighted by Crippen LogP contribution is 2.20. The zero-order chi connectivity index (χ0) is 12.1. The van der Waals surface area contributed by atoms with E-state index in [4.69, 9.17) is 0 Å². The Bertz CT molecular complexity index is 436. The lowest BCUT2D eigenvalue weighted by Crippen LogP contribution is -2.19. The Balaban J connectivity index is 1.92. The third-order valence-electron chi connectivity index (χ3n) is 2.58. The summed E-state index contributed by atoms with van der Waals surface area (Å²) < 4.78 is 0. The fourth-order valence-electron chi connectivity index (χ4n) is 1.63. The van der Waals surface area contributed by atoms with E-state index in [1.165, 1.54) is 14.9 Å². The minimum absolute atomic E-state index is 0.363. The molecule has 0 spiro atoms. The Hall–Kier alpha value is -0.780. The normalized spacial score (nSPS) is 12.8. The van der Waals surface area contributed by atoms with Gasteiger partial charge in [-0.25, -0.2) is 9.97 Å². The van der Waals surface area contributed by atoms with Crippen molar-refractivity contribution in [1.82, 2.24) is 15.3 Å². The van der Waals surface area contributed by atoms with E-state index in [2.05, 4.69) is 29.1 Å².